The molecule has 0 fully saturated rings. The van der Waals surface area contributed by atoms with Crippen LogP contribution in [0.5, 0.6) is 0 Å². The molecule has 0 N–H and O–H groups in total. The first-order valence-electron chi connectivity index (χ1n) is 7.75. The molecule has 130 valence electrons. The quantitative estimate of drug-likeness (QED) is 0.461. The van der Waals surface area contributed by atoms with Gasteiger partial charge in [-0.05, 0) is 30.7 Å². The maximum atomic E-state index is 6.12. The first kappa shape index (κ1) is 17.1. The molecule has 6 nitrogen and oxygen atoms in total. The number of halogens is 1. The monoisotopic (exact) mass is 400 g/mol. The summed E-state index contributed by atoms with van der Waals surface area (Å²) in [6.07, 6.45) is 3.53. The Balaban J connectivity index is 1.78. The molecule has 0 saturated carbocycles. The standard InChI is InChI=1S/C17H13ClN6S2/c1-11-5-2-3-7-14(11)24-16(12-6-4-8-19-9-12)21-22-17(24)25-10-13-15(18)26-23-20-13/h2-9H,10H2,1H3. The van der Waals surface area contributed by atoms with E-state index >= 15 is 0 Å². The highest BCUT2D eigenvalue weighted by molar-refractivity contribution is 7.98. The molecule has 0 unspecified atom stereocenters. The molecule has 4 rings (SSSR count). The molecule has 0 aliphatic carbocycles. The van der Waals surface area contributed by atoms with Gasteiger partial charge in [-0.15, -0.1) is 15.3 Å². The van der Waals surface area contributed by atoms with Gasteiger partial charge < -0.3 is 0 Å². The molecule has 0 spiro atoms. The molecule has 0 amide bonds. The van der Waals surface area contributed by atoms with E-state index in [4.69, 9.17) is 11.6 Å². The van der Waals surface area contributed by atoms with Crippen molar-refractivity contribution in [3.63, 3.8) is 0 Å². The van der Waals surface area contributed by atoms with Crippen LogP contribution in [0.4, 0.5) is 0 Å². The molecular weight excluding hydrogens is 388 g/mol. The fraction of sp³-hybridized carbons (Fsp3) is 0.118. The van der Waals surface area contributed by atoms with Crippen LogP contribution in [0.15, 0.2) is 53.9 Å². The van der Waals surface area contributed by atoms with Crippen molar-refractivity contribution in [2.45, 2.75) is 17.8 Å². The lowest BCUT2D eigenvalue weighted by atomic mass is 10.2. The number of hydrogen-bond donors (Lipinski definition) is 0. The first-order valence-corrected chi connectivity index (χ1v) is 9.89. The summed E-state index contributed by atoms with van der Waals surface area (Å²) in [5, 5.41) is 13.6. The van der Waals surface area contributed by atoms with Crippen LogP contribution < -0.4 is 0 Å². The second-order valence-corrected chi connectivity index (χ2v) is 7.75. The highest BCUT2D eigenvalue weighted by Gasteiger charge is 2.18. The fourth-order valence-electron chi connectivity index (χ4n) is 2.49. The minimum absolute atomic E-state index is 0.576. The third-order valence-corrected chi connectivity index (χ3v) is 5.68. The maximum Gasteiger partial charge on any atom is 0.196 e. The Bertz CT molecular complexity index is 1030. The molecular formula is C17H13ClN6S2. The zero-order chi connectivity index (χ0) is 17.9. The predicted octanol–water partition coefficient (Wildman–Crippen LogP) is 4.43. The van der Waals surface area contributed by atoms with Gasteiger partial charge in [0.2, 0.25) is 0 Å². The maximum absolute atomic E-state index is 6.12. The van der Waals surface area contributed by atoms with Crippen molar-refractivity contribution in [2.75, 3.05) is 0 Å². The summed E-state index contributed by atoms with van der Waals surface area (Å²) < 4.78 is 6.53. The molecule has 9 heteroatoms. The smallest absolute Gasteiger partial charge is 0.196 e. The van der Waals surface area contributed by atoms with E-state index in [2.05, 4.69) is 43.8 Å². The van der Waals surface area contributed by atoms with Gasteiger partial charge in [-0.25, -0.2) is 0 Å². The Labute approximate surface area is 163 Å². The molecule has 0 atom stereocenters. The van der Waals surface area contributed by atoms with Crippen LogP contribution >= 0.6 is 34.9 Å². The van der Waals surface area contributed by atoms with Crippen molar-refractivity contribution >= 4 is 34.9 Å². The predicted molar refractivity (Wildman–Crippen MR) is 104 cm³/mol. The van der Waals surface area contributed by atoms with E-state index in [0.717, 1.165) is 33.5 Å². The van der Waals surface area contributed by atoms with E-state index in [9.17, 15) is 0 Å². The molecule has 1 aromatic carbocycles. The van der Waals surface area contributed by atoms with Crippen LogP contribution in [0.1, 0.15) is 11.3 Å². The first-order chi connectivity index (χ1) is 12.7. The summed E-state index contributed by atoms with van der Waals surface area (Å²) in [7, 11) is 0. The lowest BCUT2D eigenvalue weighted by molar-refractivity contribution is 0.879. The second-order valence-electron chi connectivity index (χ2n) is 5.45. The van der Waals surface area contributed by atoms with Gasteiger partial charge in [0.25, 0.3) is 0 Å². The average molecular weight is 401 g/mol. The highest BCUT2D eigenvalue weighted by Crippen LogP contribution is 2.32. The van der Waals surface area contributed by atoms with Crippen LogP contribution in [0, 0.1) is 6.92 Å². The van der Waals surface area contributed by atoms with Gasteiger partial charge in [-0.1, -0.05) is 46.1 Å². The van der Waals surface area contributed by atoms with E-state index < -0.39 is 0 Å². The van der Waals surface area contributed by atoms with E-state index in [1.807, 2.05) is 28.8 Å². The van der Waals surface area contributed by atoms with Crippen molar-refractivity contribution in [1.82, 2.24) is 29.3 Å². The van der Waals surface area contributed by atoms with Gasteiger partial charge in [-0.3, -0.25) is 9.55 Å². The molecule has 4 aromatic rings. The number of benzene rings is 1. The summed E-state index contributed by atoms with van der Waals surface area (Å²) in [5.41, 5.74) is 3.82. The molecule has 26 heavy (non-hydrogen) atoms. The lowest BCUT2D eigenvalue weighted by Gasteiger charge is -2.12. The van der Waals surface area contributed by atoms with Crippen molar-refractivity contribution < 1.29 is 0 Å². The summed E-state index contributed by atoms with van der Waals surface area (Å²) >= 11 is 8.83. The van der Waals surface area contributed by atoms with Gasteiger partial charge in [0.15, 0.2) is 11.0 Å². The average Bonchev–Trinajstić information content (AvgIpc) is 3.27. The lowest BCUT2D eigenvalue weighted by Crippen LogP contribution is -2.02. The number of para-hydroxylation sites is 1. The summed E-state index contributed by atoms with van der Waals surface area (Å²) in [4.78, 5) is 4.20. The Morgan fingerprint density at radius 1 is 1.12 bits per heavy atom. The number of aromatic nitrogens is 6. The SMILES string of the molecule is Cc1ccccc1-n1c(SCc2nnsc2Cl)nnc1-c1cccnc1. The van der Waals surface area contributed by atoms with E-state index in [1.165, 1.54) is 23.3 Å². The van der Waals surface area contributed by atoms with Gasteiger partial charge >= 0.3 is 0 Å². The second kappa shape index (κ2) is 7.53. The Hall–Kier alpha value is -2.29. The topological polar surface area (TPSA) is 69.4 Å². The van der Waals surface area contributed by atoms with Gasteiger partial charge in [0, 0.05) is 35.2 Å². The number of thioether (sulfide) groups is 1. The molecule has 0 aliphatic heterocycles. The van der Waals surface area contributed by atoms with Crippen LogP contribution in [0.3, 0.4) is 0 Å². The largest absolute Gasteiger partial charge is 0.270 e. The highest BCUT2D eigenvalue weighted by atomic mass is 35.5. The third-order valence-electron chi connectivity index (χ3n) is 3.76. The van der Waals surface area contributed by atoms with Gasteiger partial charge in [0.05, 0.1) is 5.69 Å². The Morgan fingerprint density at radius 2 is 2.00 bits per heavy atom. The minimum Gasteiger partial charge on any atom is -0.270 e. The van der Waals surface area contributed by atoms with Crippen LogP contribution in [-0.4, -0.2) is 29.3 Å². The van der Waals surface area contributed by atoms with E-state index in [1.54, 1.807) is 12.4 Å². The molecule has 0 aliphatic rings. The van der Waals surface area contributed by atoms with Crippen molar-refractivity contribution in [2.24, 2.45) is 0 Å². The summed E-state index contributed by atoms with van der Waals surface area (Å²) in [5.74, 6) is 1.32. The van der Waals surface area contributed by atoms with E-state index in [-0.39, 0.29) is 0 Å². The number of rotatable bonds is 5. The summed E-state index contributed by atoms with van der Waals surface area (Å²) in [6.45, 7) is 2.07. The number of hydrogen-bond acceptors (Lipinski definition) is 7. The van der Waals surface area contributed by atoms with Crippen LogP contribution in [0.25, 0.3) is 17.1 Å². The molecule has 3 heterocycles. The van der Waals surface area contributed by atoms with Crippen molar-refractivity contribution in [3.05, 3.63) is 64.4 Å². The summed E-state index contributed by atoms with van der Waals surface area (Å²) in [6, 6.07) is 12.0. The van der Waals surface area contributed by atoms with Gasteiger partial charge in [0.1, 0.15) is 10.0 Å². The fourth-order valence-corrected chi connectivity index (χ4v) is 4.17. The number of aryl methyl sites for hydroxylation is 1. The molecule has 3 aromatic heterocycles. The number of nitrogens with zero attached hydrogens (tertiary/aromatic N) is 6. The van der Waals surface area contributed by atoms with Gasteiger partial charge in [-0.2, -0.15) is 0 Å². The van der Waals surface area contributed by atoms with Crippen molar-refractivity contribution in [3.8, 4) is 17.1 Å². The van der Waals surface area contributed by atoms with Crippen LogP contribution in [-0.2, 0) is 5.75 Å². The van der Waals surface area contributed by atoms with Crippen molar-refractivity contribution in [1.29, 1.82) is 0 Å². The zero-order valence-electron chi connectivity index (χ0n) is 13.7. The molecule has 0 saturated heterocycles. The van der Waals surface area contributed by atoms with E-state index in [0.29, 0.717) is 10.1 Å². The zero-order valence-corrected chi connectivity index (χ0v) is 16.1. The Morgan fingerprint density at radius 3 is 2.73 bits per heavy atom. The third kappa shape index (κ3) is 3.35. The normalized spacial score (nSPS) is 11.0. The van der Waals surface area contributed by atoms with Crippen LogP contribution in [0.2, 0.25) is 4.34 Å². The molecule has 0 bridgehead atoms. The number of pyridine rings is 1. The molecule has 0 radical (unpaired) electrons. The minimum atomic E-state index is 0.576. The Kier molecular flexibility index (Phi) is 4.96.